The van der Waals surface area contributed by atoms with Gasteiger partial charge in [0.15, 0.2) is 21.3 Å². The summed E-state index contributed by atoms with van der Waals surface area (Å²) < 4.78 is 24.3. The van der Waals surface area contributed by atoms with Crippen LogP contribution >= 0.6 is 0 Å². The zero-order valence-electron chi connectivity index (χ0n) is 12.8. The lowest BCUT2D eigenvalue weighted by molar-refractivity contribution is 0.391. The van der Waals surface area contributed by atoms with Gasteiger partial charge in [-0.2, -0.15) is 0 Å². The summed E-state index contributed by atoms with van der Waals surface area (Å²) in [6, 6.07) is 11.2. The highest BCUT2D eigenvalue weighted by Crippen LogP contribution is 2.42. The Hall–Kier alpha value is -2.05. The minimum Gasteiger partial charge on any atom is -0.504 e. The van der Waals surface area contributed by atoms with E-state index in [1.54, 1.807) is 0 Å². The molecule has 0 amide bonds. The van der Waals surface area contributed by atoms with E-state index in [1.165, 1.54) is 6.07 Å². The normalized spacial score (nSPS) is 18.2. The monoisotopic (exact) mass is 333 g/mol. The van der Waals surface area contributed by atoms with E-state index >= 15 is 0 Å². The number of nitrogens with one attached hydrogen (secondary N) is 1. The summed E-state index contributed by atoms with van der Waals surface area (Å²) in [7, 11) is -3.66. The van der Waals surface area contributed by atoms with Gasteiger partial charge in [-0.3, -0.25) is 0 Å². The van der Waals surface area contributed by atoms with Crippen molar-refractivity contribution in [3.05, 3.63) is 53.1 Å². The van der Waals surface area contributed by atoms with Crippen LogP contribution in [-0.4, -0.2) is 38.0 Å². The van der Waals surface area contributed by atoms with Crippen molar-refractivity contribution in [2.75, 3.05) is 19.3 Å². The molecular formula is C17H19NO4S. The minimum absolute atomic E-state index is 0.0827. The first kappa shape index (κ1) is 15.8. The fourth-order valence-corrected chi connectivity index (χ4v) is 4.34. The van der Waals surface area contributed by atoms with Crippen molar-refractivity contribution < 1.29 is 18.6 Å². The standard InChI is InChI=1S/C17H19NO4S/c1-23(21,22)17-12-7-8-18-10-14(11-5-3-2-4-6-11)13(12)9-15(19)16(17)20/h2-6,9,14,18-20H,7-8,10H2,1H3. The Morgan fingerprint density at radius 1 is 1.17 bits per heavy atom. The molecule has 2 aromatic carbocycles. The van der Waals surface area contributed by atoms with Crippen LogP contribution in [-0.2, 0) is 16.3 Å². The average Bonchev–Trinajstić information content (AvgIpc) is 2.70. The molecule has 2 aromatic rings. The second-order valence-corrected chi connectivity index (χ2v) is 7.78. The molecule has 6 heteroatoms. The van der Waals surface area contributed by atoms with Crippen LogP contribution in [0.1, 0.15) is 22.6 Å². The van der Waals surface area contributed by atoms with Crippen molar-refractivity contribution in [1.82, 2.24) is 5.32 Å². The predicted molar refractivity (Wildman–Crippen MR) is 87.7 cm³/mol. The summed E-state index contributed by atoms with van der Waals surface area (Å²) in [6.07, 6.45) is 1.53. The van der Waals surface area contributed by atoms with Gasteiger partial charge < -0.3 is 15.5 Å². The van der Waals surface area contributed by atoms with Gasteiger partial charge >= 0.3 is 0 Å². The number of hydrogen-bond acceptors (Lipinski definition) is 5. The van der Waals surface area contributed by atoms with Crippen molar-refractivity contribution >= 4 is 9.84 Å². The third-order valence-electron chi connectivity index (χ3n) is 4.22. The van der Waals surface area contributed by atoms with Crippen molar-refractivity contribution in [1.29, 1.82) is 0 Å². The van der Waals surface area contributed by atoms with E-state index in [9.17, 15) is 18.6 Å². The van der Waals surface area contributed by atoms with Crippen molar-refractivity contribution in [3.8, 4) is 11.5 Å². The molecular weight excluding hydrogens is 314 g/mol. The molecule has 1 unspecified atom stereocenters. The van der Waals surface area contributed by atoms with Gasteiger partial charge in [0, 0.05) is 18.7 Å². The lowest BCUT2D eigenvalue weighted by Gasteiger charge is -2.21. The molecule has 0 saturated heterocycles. The van der Waals surface area contributed by atoms with Crippen LogP contribution in [0, 0.1) is 0 Å². The lowest BCUT2D eigenvalue weighted by atomic mass is 9.87. The molecule has 3 N–H and O–H groups in total. The maximum Gasteiger partial charge on any atom is 0.179 e. The smallest absolute Gasteiger partial charge is 0.179 e. The number of phenols is 2. The second kappa shape index (κ2) is 5.86. The summed E-state index contributed by atoms with van der Waals surface area (Å²) in [5, 5.41) is 23.4. The largest absolute Gasteiger partial charge is 0.504 e. The first-order chi connectivity index (χ1) is 10.9. The number of aromatic hydroxyl groups is 2. The second-order valence-electron chi connectivity index (χ2n) is 5.83. The number of phenolic OH excluding ortho intramolecular Hbond substituents is 2. The van der Waals surface area contributed by atoms with E-state index < -0.39 is 21.3 Å². The molecule has 1 atom stereocenters. The summed E-state index contributed by atoms with van der Waals surface area (Å²) in [5.41, 5.74) is 2.37. The SMILES string of the molecule is CS(=O)(=O)c1c(O)c(O)cc2c1CCNCC2c1ccccc1. The molecule has 1 aliphatic rings. The van der Waals surface area contributed by atoms with Crippen LogP contribution in [0.5, 0.6) is 11.5 Å². The lowest BCUT2D eigenvalue weighted by Crippen LogP contribution is -2.20. The molecule has 0 fully saturated rings. The van der Waals surface area contributed by atoms with Crippen molar-refractivity contribution in [2.45, 2.75) is 17.2 Å². The van der Waals surface area contributed by atoms with E-state index in [4.69, 9.17) is 0 Å². The van der Waals surface area contributed by atoms with Gasteiger partial charge in [-0.1, -0.05) is 30.3 Å². The quantitative estimate of drug-likeness (QED) is 0.729. The van der Waals surface area contributed by atoms with Gasteiger partial charge in [0.1, 0.15) is 4.90 Å². The number of benzene rings is 2. The average molecular weight is 333 g/mol. The summed E-state index contributed by atoms with van der Waals surface area (Å²) in [6.45, 7) is 1.26. The molecule has 1 aliphatic heterocycles. The van der Waals surface area contributed by atoms with Gasteiger partial charge in [-0.05, 0) is 35.7 Å². The fraction of sp³-hybridized carbons (Fsp3) is 0.294. The highest BCUT2D eigenvalue weighted by Gasteiger charge is 2.29. The maximum atomic E-state index is 12.1. The van der Waals surface area contributed by atoms with E-state index in [0.717, 1.165) is 17.4 Å². The summed E-state index contributed by atoms with van der Waals surface area (Å²) in [5.74, 6) is -1.03. The third-order valence-corrected chi connectivity index (χ3v) is 5.40. The Morgan fingerprint density at radius 3 is 2.52 bits per heavy atom. The van der Waals surface area contributed by atoms with Gasteiger partial charge in [0.05, 0.1) is 0 Å². The van der Waals surface area contributed by atoms with E-state index in [2.05, 4.69) is 5.32 Å². The minimum atomic E-state index is -3.66. The number of fused-ring (bicyclic) bond motifs is 1. The zero-order valence-corrected chi connectivity index (χ0v) is 13.6. The van der Waals surface area contributed by atoms with Crippen LogP contribution in [0.15, 0.2) is 41.3 Å². The van der Waals surface area contributed by atoms with Crippen LogP contribution in [0.25, 0.3) is 0 Å². The predicted octanol–water partition coefficient (Wildman–Crippen LogP) is 1.78. The Bertz CT molecular complexity index is 831. The van der Waals surface area contributed by atoms with Gasteiger partial charge in [-0.15, -0.1) is 0 Å². The zero-order chi connectivity index (χ0) is 16.6. The van der Waals surface area contributed by atoms with Crippen LogP contribution in [0.4, 0.5) is 0 Å². The first-order valence-corrected chi connectivity index (χ1v) is 9.32. The Labute approximate surface area is 135 Å². The van der Waals surface area contributed by atoms with Gasteiger partial charge in [-0.25, -0.2) is 8.42 Å². The van der Waals surface area contributed by atoms with Crippen molar-refractivity contribution in [3.63, 3.8) is 0 Å². The molecule has 0 radical (unpaired) electrons. The van der Waals surface area contributed by atoms with Crippen LogP contribution in [0.3, 0.4) is 0 Å². The third kappa shape index (κ3) is 2.92. The fourth-order valence-electron chi connectivity index (χ4n) is 3.21. The van der Waals surface area contributed by atoms with E-state index in [-0.39, 0.29) is 10.8 Å². The highest BCUT2D eigenvalue weighted by molar-refractivity contribution is 7.90. The maximum absolute atomic E-state index is 12.1. The molecule has 0 bridgehead atoms. The molecule has 5 nitrogen and oxygen atoms in total. The molecule has 0 saturated carbocycles. The number of rotatable bonds is 2. The number of sulfone groups is 1. The molecule has 23 heavy (non-hydrogen) atoms. The Kier molecular flexibility index (Phi) is 4.04. The molecule has 0 aromatic heterocycles. The summed E-state index contributed by atoms with van der Waals surface area (Å²) in [4.78, 5) is -0.155. The topological polar surface area (TPSA) is 86.6 Å². The van der Waals surface area contributed by atoms with Gasteiger partial charge in [0.25, 0.3) is 0 Å². The van der Waals surface area contributed by atoms with Crippen molar-refractivity contribution in [2.24, 2.45) is 0 Å². The molecule has 3 rings (SSSR count). The number of hydrogen-bond donors (Lipinski definition) is 3. The van der Waals surface area contributed by atoms with Gasteiger partial charge in [0.2, 0.25) is 0 Å². The highest BCUT2D eigenvalue weighted by atomic mass is 32.2. The molecule has 1 heterocycles. The van der Waals surface area contributed by atoms with E-state index in [0.29, 0.717) is 25.1 Å². The molecule has 0 spiro atoms. The van der Waals surface area contributed by atoms with Crippen LogP contribution in [0.2, 0.25) is 0 Å². The Balaban J connectivity index is 2.29. The van der Waals surface area contributed by atoms with E-state index in [1.807, 2.05) is 30.3 Å². The summed E-state index contributed by atoms with van der Waals surface area (Å²) >= 11 is 0. The Morgan fingerprint density at radius 2 is 1.87 bits per heavy atom. The van der Waals surface area contributed by atoms with Crippen LogP contribution < -0.4 is 5.32 Å². The molecule has 122 valence electrons. The first-order valence-electron chi connectivity index (χ1n) is 7.43. The molecule has 0 aliphatic carbocycles.